The summed E-state index contributed by atoms with van der Waals surface area (Å²) in [7, 11) is 1.45. The number of alkyl halides is 3. The fourth-order valence-electron chi connectivity index (χ4n) is 4.82. The van der Waals surface area contributed by atoms with Gasteiger partial charge in [-0.1, -0.05) is 53.3 Å². The molecule has 0 saturated carbocycles. The molecule has 14 heteroatoms. The number of hydrogen-bond acceptors (Lipinski definition) is 8. The van der Waals surface area contributed by atoms with Crippen LogP contribution in [0.5, 0.6) is 11.5 Å². The molecule has 0 amide bonds. The lowest BCUT2D eigenvalue weighted by Gasteiger charge is -2.26. The van der Waals surface area contributed by atoms with Crippen molar-refractivity contribution in [3.05, 3.63) is 122 Å². The van der Waals surface area contributed by atoms with E-state index in [1.54, 1.807) is 36.4 Å². The standard InChI is InChI=1S/C32H22ClF3IN3O5S/c1-3-44-30(42)25-26(18-8-10-21(33)11-9-18)40-29(41)24(46-31(40)39-28(25)32(34,35)36)14-17-12-22(37)27(23(13-17)43-2)45-16-20-7-5-4-6-19(20)15-38/h4-14,26H,3,16H2,1-2H3/b24-14-/t26-/m0/s1. The Labute approximate surface area is 282 Å². The molecule has 4 aromatic rings. The van der Waals surface area contributed by atoms with Gasteiger partial charge in [-0.15, -0.1) is 0 Å². The zero-order chi connectivity index (χ0) is 33.2. The van der Waals surface area contributed by atoms with Crippen molar-refractivity contribution in [1.82, 2.24) is 4.57 Å². The minimum Gasteiger partial charge on any atom is -0.493 e. The zero-order valence-corrected chi connectivity index (χ0v) is 27.8. The smallest absolute Gasteiger partial charge is 0.434 e. The first-order valence-corrected chi connectivity index (χ1v) is 15.8. The largest absolute Gasteiger partial charge is 0.493 e. The Bertz CT molecular complexity index is 2090. The Morgan fingerprint density at radius 1 is 1.20 bits per heavy atom. The number of ether oxygens (including phenoxy) is 3. The average Bonchev–Trinajstić information content (AvgIpc) is 3.33. The average molecular weight is 780 g/mol. The number of hydrogen-bond donors (Lipinski definition) is 0. The van der Waals surface area contributed by atoms with Crippen LogP contribution in [0.3, 0.4) is 0 Å². The lowest BCUT2D eigenvalue weighted by molar-refractivity contribution is -0.140. The van der Waals surface area contributed by atoms with Gasteiger partial charge >= 0.3 is 12.1 Å². The van der Waals surface area contributed by atoms with Crippen molar-refractivity contribution < 1.29 is 32.2 Å². The summed E-state index contributed by atoms with van der Waals surface area (Å²) in [6.45, 7) is 1.38. The molecule has 0 N–H and O–H groups in total. The predicted octanol–water partition coefficient (Wildman–Crippen LogP) is 6.06. The van der Waals surface area contributed by atoms with Crippen LogP contribution >= 0.6 is 45.5 Å². The molecule has 5 rings (SSSR count). The molecule has 1 aromatic heterocycles. The summed E-state index contributed by atoms with van der Waals surface area (Å²) in [5.74, 6) is -0.491. The molecule has 0 unspecified atom stereocenters. The first-order chi connectivity index (χ1) is 22.0. The fraction of sp³-hybridized carbons (Fsp3) is 0.188. The highest BCUT2D eigenvalue weighted by Crippen LogP contribution is 2.39. The summed E-state index contributed by atoms with van der Waals surface area (Å²) in [4.78, 5) is 30.4. The number of nitriles is 1. The van der Waals surface area contributed by atoms with Crippen molar-refractivity contribution in [2.24, 2.45) is 4.99 Å². The SMILES string of the molecule is CCOC(=O)C1=C(C(F)(F)F)N=c2s/c(=C\c3cc(I)c(OCc4ccccc4C#N)c(OC)c3)c(=O)n2[C@H]1c1ccc(Cl)cc1. The molecule has 2 heterocycles. The van der Waals surface area contributed by atoms with Crippen molar-refractivity contribution in [3.8, 4) is 17.6 Å². The normalized spacial score (nSPS) is 14.7. The lowest BCUT2D eigenvalue weighted by atomic mass is 9.95. The summed E-state index contributed by atoms with van der Waals surface area (Å²) in [5, 5.41) is 9.71. The summed E-state index contributed by atoms with van der Waals surface area (Å²) in [6.07, 6.45) is -3.52. The highest BCUT2D eigenvalue weighted by molar-refractivity contribution is 14.1. The van der Waals surface area contributed by atoms with Gasteiger partial charge in [0, 0.05) is 10.6 Å². The first-order valence-electron chi connectivity index (χ1n) is 13.5. The van der Waals surface area contributed by atoms with Crippen LogP contribution in [-0.4, -0.2) is 30.4 Å². The molecule has 0 aliphatic carbocycles. The van der Waals surface area contributed by atoms with Gasteiger partial charge in [-0.05, 0) is 77.0 Å². The minimum atomic E-state index is -5.02. The summed E-state index contributed by atoms with van der Waals surface area (Å²) < 4.78 is 61.4. The second-order valence-electron chi connectivity index (χ2n) is 9.71. The Kier molecular flexibility index (Phi) is 9.90. The van der Waals surface area contributed by atoms with Crippen LogP contribution in [0.2, 0.25) is 5.02 Å². The van der Waals surface area contributed by atoms with E-state index in [0.29, 0.717) is 36.8 Å². The van der Waals surface area contributed by atoms with E-state index in [2.05, 4.69) is 11.1 Å². The van der Waals surface area contributed by atoms with E-state index in [0.717, 1.165) is 15.9 Å². The van der Waals surface area contributed by atoms with Crippen LogP contribution in [0.1, 0.15) is 35.2 Å². The third-order valence-electron chi connectivity index (χ3n) is 6.84. The van der Waals surface area contributed by atoms with E-state index in [4.69, 9.17) is 25.8 Å². The molecule has 3 aromatic carbocycles. The second-order valence-corrected chi connectivity index (χ2v) is 12.3. The number of benzene rings is 3. The number of methoxy groups -OCH3 is 1. The predicted molar refractivity (Wildman–Crippen MR) is 173 cm³/mol. The number of rotatable bonds is 8. The highest BCUT2D eigenvalue weighted by atomic mass is 127. The maximum Gasteiger partial charge on any atom is 0.434 e. The first kappa shape index (κ1) is 33.2. The molecule has 236 valence electrons. The maximum atomic E-state index is 14.4. The van der Waals surface area contributed by atoms with Gasteiger partial charge in [0.15, 0.2) is 22.0 Å². The molecule has 0 bridgehead atoms. The van der Waals surface area contributed by atoms with Gasteiger partial charge in [0.05, 0.1) is 45.1 Å². The summed E-state index contributed by atoms with van der Waals surface area (Å²) in [5.41, 5.74) is -1.02. The van der Waals surface area contributed by atoms with Crippen molar-refractivity contribution in [1.29, 1.82) is 5.26 Å². The van der Waals surface area contributed by atoms with Gasteiger partial charge in [0.1, 0.15) is 6.61 Å². The molecule has 0 spiro atoms. The Morgan fingerprint density at radius 2 is 1.91 bits per heavy atom. The van der Waals surface area contributed by atoms with Crippen LogP contribution in [-0.2, 0) is 16.1 Å². The van der Waals surface area contributed by atoms with E-state index in [1.807, 2.05) is 22.6 Å². The van der Waals surface area contributed by atoms with Gasteiger partial charge in [-0.3, -0.25) is 9.36 Å². The third kappa shape index (κ3) is 6.69. The number of fused-ring (bicyclic) bond motifs is 1. The number of allylic oxidation sites excluding steroid dienone is 1. The molecular weight excluding hydrogens is 758 g/mol. The van der Waals surface area contributed by atoms with Gasteiger partial charge in [0.25, 0.3) is 5.56 Å². The summed E-state index contributed by atoms with van der Waals surface area (Å²) in [6, 6.07) is 16.8. The van der Waals surface area contributed by atoms with Crippen LogP contribution in [0, 0.1) is 14.9 Å². The van der Waals surface area contributed by atoms with Gasteiger partial charge in [-0.25, -0.2) is 9.79 Å². The molecule has 1 aliphatic heterocycles. The van der Waals surface area contributed by atoms with Gasteiger partial charge < -0.3 is 14.2 Å². The van der Waals surface area contributed by atoms with Crippen molar-refractivity contribution in [3.63, 3.8) is 0 Å². The molecule has 0 saturated heterocycles. The van der Waals surface area contributed by atoms with E-state index in [1.165, 1.54) is 44.4 Å². The molecule has 1 atom stereocenters. The highest BCUT2D eigenvalue weighted by Gasteiger charge is 2.45. The lowest BCUT2D eigenvalue weighted by Crippen LogP contribution is -2.41. The topological polar surface area (TPSA) is 103 Å². The van der Waals surface area contributed by atoms with Crippen LogP contribution in [0.4, 0.5) is 13.2 Å². The number of halogens is 5. The van der Waals surface area contributed by atoms with E-state index in [9.17, 15) is 28.0 Å². The van der Waals surface area contributed by atoms with Gasteiger partial charge in [0.2, 0.25) is 0 Å². The minimum absolute atomic E-state index is 0.0683. The third-order valence-corrected chi connectivity index (χ3v) is 8.88. The van der Waals surface area contributed by atoms with E-state index < -0.39 is 35.0 Å². The number of nitrogens with zero attached hydrogens (tertiary/aromatic N) is 3. The quantitative estimate of drug-likeness (QED) is 0.159. The number of thiazole rings is 1. The van der Waals surface area contributed by atoms with Crippen molar-refractivity contribution >= 4 is 57.6 Å². The van der Waals surface area contributed by atoms with Crippen LogP contribution < -0.4 is 24.4 Å². The van der Waals surface area contributed by atoms with Crippen molar-refractivity contribution in [2.75, 3.05) is 13.7 Å². The van der Waals surface area contributed by atoms with Gasteiger partial charge in [-0.2, -0.15) is 18.4 Å². The maximum absolute atomic E-state index is 14.4. The number of carbonyl (C=O) groups is 1. The van der Waals surface area contributed by atoms with E-state index in [-0.39, 0.29) is 28.1 Å². The molecule has 1 aliphatic rings. The van der Waals surface area contributed by atoms with Crippen molar-refractivity contribution in [2.45, 2.75) is 25.7 Å². The number of carbonyl (C=O) groups excluding carboxylic acids is 1. The summed E-state index contributed by atoms with van der Waals surface area (Å²) >= 11 is 8.83. The second kappa shape index (κ2) is 13.7. The molecule has 0 fully saturated rings. The van der Waals surface area contributed by atoms with Crippen LogP contribution in [0.15, 0.2) is 81.7 Å². The molecule has 46 heavy (non-hydrogen) atoms. The van der Waals surface area contributed by atoms with Crippen LogP contribution in [0.25, 0.3) is 6.08 Å². The number of aromatic nitrogens is 1. The Balaban J connectivity index is 1.64. The Morgan fingerprint density at radius 3 is 2.57 bits per heavy atom. The molecule has 8 nitrogen and oxygen atoms in total. The monoisotopic (exact) mass is 779 g/mol. The Hall–Kier alpha value is -4.13. The molecule has 0 radical (unpaired) electrons. The number of esters is 1. The molecular formula is C32H22ClF3IN3O5S. The zero-order valence-electron chi connectivity index (χ0n) is 24.0. The fourth-order valence-corrected chi connectivity index (χ4v) is 6.73. The van der Waals surface area contributed by atoms with E-state index >= 15 is 0 Å².